The van der Waals surface area contributed by atoms with Gasteiger partial charge in [-0.05, 0) is 48.6 Å². The molecule has 26 heavy (non-hydrogen) atoms. The van der Waals surface area contributed by atoms with Crippen LogP contribution in [0, 0.1) is 42.4 Å². The first-order valence-electron chi connectivity index (χ1n) is 9.36. The Labute approximate surface area is 152 Å². The minimum Gasteiger partial charge on any atom is -0.294 e. The Balaban J connectivity index is 1.46. The number of benzene rings is 1. The van der Waals surface area contributed by atoms with Crippen LogP contribution in [0.4, 0.5) is 5.69 Å². The standard InChI is InChI=1S/C21H22N2O3/c1-11-5-3-4-6-17(11)22(12(2)24)10-23-20(25)18-13-7-8-14(16-9-15(13)16)19(18)21(23)26/h3-8,13-16,18-19H,9-10H2,1-2H3/t13-,14-,15-,16+,18-,19+/m0/s1. The van der Waals surface area contributed by atoms with Crippen molar-refractivity contribution in [3.63, 3.8) is 0 Å². The molecule has 1 aliphatic heterocycles. The van der Waals surface area contributed by atoms with E-state index in [-0.39, 0.29) is 48.1 Å². The molecule has 1 heterocycles. The lowest BCUT2D eigenvalue weighted by Gasteiger charge is -2.37. The zero-order valence-electron chi connectivity index (χ0n) is 15.0. The second-order valence-corrected chi connectivity index (χ2v) is 8.13. The van der Waals surface area contributed by atoms with E-state index in [0.717, 1.165) is 17.7 Å². The van der Waals surface area contributed by atoms with E-state index in [1.54, 1.807) is 4.90 Å². The van der Waals surface area contributed by atoms with Crippen molar-refractivity contribution < 1.29 is 14.4 Å². The Bertz CT molecular complexity index is 825. The Morgan fingerprint density at radius 1 is 1.08 bits per heavy atom. The third-order valence-electron chi connectivity index (χ3n) is 6.82. The van der Waals surface area contributed by atoms with Crippen molar-refractivity contribution in [1.82, 2.24) is 4.90 Å². The average Bonchev–Trinajstić information content (AvgIpc) is 3.40. The van der Waals surface area contributed by atoms with Crippen LogP contribution in [0.2, 0.25) is 0 Å². The summed E-state index contributed by atoms with van der Waals surface area (Å²) in [5.41, 5.74) is 1.70. The van der Waals surface area contributed by atoms with E-state index in [1.807, 2.05) is 31.2 Å². The van der Waals surface area contributed by atoms with Crippen molar-refractivity contribution in [2.24, 2.45) is 35.5 Å². The van der Waals surface area contributed by atoms with Crippen LogP contribution in [0.15, 0.2) is 36.4 Å². The van der Waals surface area contributed by atoms with Crippen molar-refractivity contribution >= 4 is 23.4 Å². The van der Waals surface area contributed by atoms with Gasteiger partial charge in [-0.15, -0.1) is 0 Å². The minimum absolute atomic E-state index is 0.0135. The molecule has 5 aliphatic rings. The Morgan fingerprint density at radius 2 is 1.65 bits per heavy atom. The Hall–Kier alpha value is -2.43. The molecule has 2 saturated carbocycles. The average molecular weight is 350 g/mol. The van der Waals surface area contributed by atoms with Gasteiger partial charge in [0.1, 0.15) is 6.67 Å². The molecule has 3 fully saturated rings. The highest BCUT2D eigenvalue weighted by Crippen LogP contribution is 2.65. The largest absolute Gasteiger partial charge is 0.294 e. The zero-order valence-corrected chi connectivity index (χ0v) is 15.0. The molecule has 0 radical (unpaired) electrons. The molecule has 6 atom stereocenters. The van der Waals surface area contributed by atoms with Gasteiger partial charge in [-0.2, -0.15) is 0 Å². The van der Waals surface area contributed by atoms with Gasteiger partial charge in [-0.25, -0.2) is 0 Å². The number of rotatable bonds is 3. The predicted molar refractivity (Wildman–Crippen MR) is 95.8 cm³/mol. The van der Waals surface area contributed by atoms with Crippen LogP contribution in [0.5, 0.6) is 0 Å². The van der Waals surface area contributed by atoms with Gasteiger partial charge < -0.3 is 0 Å². The molecule has 5 nitrogen and oxygen atoms in total. The number of carbonyl (C=O) groups is 3. The topological polar surface area (TPSA) is 57.7 Å². The number of para-hydroxylation sites is 1. The van der Waals surface area contributed by atoms with E-state index in [1.165, 1.54) is 11.8 Å². The summed E-state index contributed by atoms with van der Waals surface area (Å²) in [6.45, 7) is 3.42. The van der Waals surface area contributed by atoms with Crippen LogP contribution in [-0.2, 0) is 14.4 Å². The lowest BCUT2D eigenvalue weighted by Crippen LogP contribution is -2.44. The summed E-state index contributed by atoms with van der Waals surface area (Å²) in [6.07, 6.45) is 5.48. The predicted octanol–water partition coefficient (Wildman–Crippen LogP) is 2.36. The van der Waals surface area contributed by atoms with E-state index in [2.05, 4.69) is 12.2 Å². The molecule has 0 unspecified atom stereocenters. The lowest BCUT2D eigenvalue weighted by molar-refractivity contribution is -0.140. The van der Waals surface area contributed by atoms with E-state index in [4.69, 9.17) is 0 Å². The summed E-state index contributed by atoms with van der Waals surface area (Å²) in [5.74, 6) is 0.805. The first-order valence-corrected chi connectivity index (χ1v) is 9.36. The van der Waals surface area contributed by atoms with Gasteiger partial charge in [-0.3, -0.25) is 24.2 Å². The smallest absolute Gasteiger partial charge is 0.235 e. The fourth-order valence-electron chi connectivity index (χ4n) is 5.51. The quantitative estimate of drug-likeness (QED) is 0.621. The van der Waals surface area contributed by atoms with Gasteiger partial charge in [0.15, 0.2) is 0 Å². The van der Waals surface area contributed by atoms with Gasteiger partial charge in [-0.1, -0.05) is 30.4 Å². The fourth-order valence-corrected chi connectivity index (χ4v) is 5.51. The summed E-state index contributed by atoms with van der Waals surface area (Å²) in [6, 6.07) is 7.56. The maximum Gasteiger partial charge on any atom is 0.235 e. The number of hydrogen-bond acceptors (Lipinski definition) is 3. The minimum atomic E-state index is -0.216. The molecular weight excluding hydrogens is 328 g/mol. The molecule has 4 aliphatic carbocycles. The number of nitrogens with zero attached hydrogens (tertiary/aromatic N) is 2. The highest BCUT2D eigenvalue weighted by molar-refractivity contribution is 6.07. The Morgan fingerprint density at radius 3 is 2.19 bits per heavy atom. The molecule has 5 heteroatoms. The van der Waals surface area contributed by atoms with Crippen molar-refractivity contribution in [3.8, 4) is 0 Å². The number of likely N-dealkylation sites (tertiary alicyclic amines) is 1. The molecule has 1 aromatic rings. The number of hydrogen-bond donors (Lipinski definition) is 0. The number of allylic oxidation sites excluding steroid dienone is 2. The lowest BCUT2D eigenvalue weighted by atomic mass is 9.63. The normalized spacial score (nSPS) is 36.2. The van der Waals surface area contributed by atoms with Crippen LogP contribution < -0.4 is 4.90 Å². The van der Waals surface area contributed by atoms with Gasteiger partial charge in [0, 0.05) is 12.6 Å². The van der Waals surface area contributed by atoms with Gasteiger partial charge in [0.05, 0.1) is 11.8 Å². The highest BCUT2D eigenvalue weighted by atomic mass is 16.2. The first kappa shape index (κ1) is 15.8. The summed E-state index contributed by atoms with van der Waals surface area (Å²) in [7, 11) is 0. The van der Waals surface area contributed by atoms with Crippen LogP contribution in [0.3, 0.4) is 0 Å². The van der Waals surface area contributed by atoms with Crippen molar-refractivity contribution in [1.29, 1.82) is 0 Å². The zero-order chi connectivity index (χ0) is 18.2. The number of carbonyl (C=O) groups excluding carboxylic acids is 3. The number of imide groups is 1. The molecule has 3 amide bonds. The van der Waals surface area contributed by atoms with E-state index >= 15 is 0 Å². The summed E-state index contributed by atoms with van der Waals surface area (Å²) in [5, 5.41) is 0. The Kier molecular flexibility index (Phi) is 3.21. The van der Waals surface area contributed by atoms with E-state index < -0.39 is 0 Å². The first-order chi connectivity index (χ1) is 12.5. The van der Waals surface area contributed by atoms with E-state index in [9.17, 15) is 14.4 Å². The molecule has 0 aromatic heterocycles. The summed E-state index contributed by atoms with van der Waals surface area (Å²) >= 11 is 0. The number of anilines is 1. The van der Waals surface area contributed by atoms with Crippen molar-refractivity contribution in [2.45, 2.75) is 20.3 Å². The molecule has 6 rings (SSSR count). The third kappa shape index (κ3) is 2.00. The number of aryl methyl sites for hydroxylation is 1. The molecule has 0 spiro atoms. The molecule has 2 bridgehead atoms. The van der Waals surface area contributed by atoms with Gasteiger partial charge >= 0.3 is 0 Å². The maximum absolute atomic E-state index is 13.1. The van der Waals surface area contributed by atoms with Crippen LogP contribution >= 0.6 is 0 Å². The summed E-state index contributed by atoms with van der Waals surface area (Å²) in [4.78, 5) is 41.4. The van der Waals surface area contributed by atoms with Crippen LogP contribution in [0.25, 0.3) is 0 Å². The van der Waals surface area contributed by atoms with Crippen molar-refractivity contribution in [2.75, 3.05) is 11.6 Å². The molecule has 0 N–H and O–H groups in total. The monoisotopic (exact) mass is 350 g/mol. The maximum atomic E-state index is 13.1. The van der Waals surface area contributed by atoms with Crippen LogP contribution in [0.1, 0.15) is 18.9 Å². The number of amides is 3. The summed E-state index contributed by atoms with van der Waals surface area (Å²) < 4.78 is 0. The van der Waals surface area contributed by atoms with E-state index in [0.29, 0.717) is 11.8 Å². The fraction of sp³-hybridized carbons (Fsp3) is 0.476. The second kappa shape index (κ2) is 5.29. The van der Waals surface area contributed by atoms with Crippen LogP contribution in [-0.4, -0.2) is 29.3 Å². The molecule has 1 saturated heterocycles. The molecule has 1 aromatic carbocycles. The van der Waals surface area contributed by atoms with Crippen molar-refractivity contribution in [3.05, 3.63) is 42.0 Å². The second-order valence-electron chi connectivity index (χ2n) is 8.13. The molecule has 134 valence electrons. The van der Waals surface area contributed by atoms with Gasteiger partial charge in [0.2, 0.25) is 17.7 Å². The molecular formula is C21H22N2O3. The third-order valence-corrected chi connectivity index (χ3v) is 6.82. The van der Waals surface area contributed by atoms with Gasteiger partial charge in [0.25, 0.3) is 0 Å². The SMILES string of the molecule is CC(=O)N(CN1C(=O)[C@@H]2[C@H]3C=C[C@@H]([C@@H]4C[C@H]34)[C@@H]2C1=O)c1ccccc1C. The highest BCUT2D eigenvalue weighted by Gasteiger charge is 2.67.